The summed E-state index contributed by atoms with van der Waals surface area (Å²) in [7, 11) is 0. The van der Waals surface area contributed by atoms with Crippen LogP contribution < -0.4 is 10.2 Å². The van der Waals surface area contributed by atoms with Crippen molar-refractivity contribution in [3.63, 3.8) is 0 Å². The summed E-state index contributed by atoms with van der Waals surface area (Å²) in [4.78, 5) is 21.2. The Kier molecular flexibility index (Phi) is 5.53. The van der Waals surface area contributed by atoms with E-state index in [9.17, 15) is 4.79 Å². The number of pyridine rings is 1. The Balaban J connectivity index is 1.64. The van der Waals surface area contributed by atoms with Crippen LogP contribution in [0, 0.1) is 0 Å². The number of para-hydroxylation sites is 1. The van der Waals surface area contributed by atoms with E-state index in [0.717, 1.165) is 37.4 Å². The molecule has 1 saturated heterocycles. The van der Waals surface area contributed by atoms with Crippen molar-refractivity contribution in [1.82, 2.24) is 9.88 Å². The number of urea groups is 1. The lowest BCUT2D eigenvalue weighted by Gasteiger charge is -2.35. The van der Waals surface area contributed by atoms with Gasteiger partial charge >= 0.3 is 6.03 Å². The zero-order chi connectivity index (χ0) is 17.6. The van der Waals surface area contributed by atoms with Crippen LogP contribution in [-0.2, 0) is 12.8 Å². The predicted octanol–water partition coefficient (Wildman–Crippen LogP) is 3.56. The minimum absolute atomic E-state index is 0.00345. The summed E-state index contributed by atoms with van der Waals surface area (Å²) in [6, 6.07) is 12.2. The Morgan fingerprint density at radius 1 is 1.00 bits per heavy atom. The molecule has 0 saturated carbocycles. The van der Waals surface area contributed by atoms with Crippen molar-refractivity contribution < 1.29 is 4.79 Å². The Labute approximate surface area is 149 Å². The maximum atomic E-state index is 12.7. The Morgan fingerprint density at radius 2 is 1.68 bits per heavy atom. The maximum absolute atomic E-state index is 12.7. The molecule has 5 nitrogen and oxygen atoms in total. The molecule has 0 atom stereocenters. The second-order valence-corrected chi connectivity index (χ2v) is 6.25. The molecule has 0 unspecified atom stereocenters. The van der Waals surface area contributed by atoms with E-state index in [1.807, 2.05) is 29.3 Å². The van der Waals surface area contributed by atoms with E-state index in [4.69, 9.17) is 0 Å². The molecule has 1 aliphatic rings. The van der Waals surface area contributed by atoms with Gasteiger partial charge in [-0.05, 0) is 36.1 Å². The van der Waals surface area contributed by atoms with Crippen LogP contribution in [-0.4, -0.2) is 42.1 Å². The van der Waals surface area contributed by atoms with E-state index in [-0.39, 0.29) is 6.03 Å². The van der Waals surface area contributed by atoms with Crippen molar-refractivity contribution in [3.05, 3.63) is 53.7 Å². The highest BCUT2D eigenvalue weighted by Gasteiger charge is 2.22. The lowest BCUT2D eigenvalue weighted by Crippen LogP contribution is -2.50. The van der Waals surface area contributed by atoms with E-state index in [2.05, 4.69) is 47.2 Å². The molecule has 1 N–H and O–H groups in total. The smallest absolute Gasteiger partial charge is 0.321 e. The molecule has 3 rings (SSSR count). The minimum Gasteiger partial charge on any atom is -0.353 e. The third-order valence-corrected chi connectivity index (χ3v) is 4.77. The van der Waals surface area contributed by atoms with Crippen LogP contribution in [0.5, 0.6) is 0 Å². The number of carbonyl (C=O) groups is 1. The number of hydrogen-bond acceptors (Lipinski definition) is 3. The van der Waals surface area contributed by atoms with Crippen molar-refractivity contribution in [2.45, 2.75) is 26.7 Å². The van der Waals surface area contributed by atoms with Gasteiger partial charge in [-0.25, -0.2) is 9.78 Å². The molecule has 132 valence electrons. The molecule has 0 aliphatic carbocycles. The fourth-order valence-corrected chi connectivity index (χ4v) is 3.27. The number of aryl methyl sites for hydroxylation is 2. The summed E-state index contributed by atoms with van der Waals surface area (Å²) in [5.41, 5.74) is 3.38. The predicted molar refractivity (Wildman–Crippen MR) is 102 cm³/mol. The lowest BCUT2D eigenvalue weighted by atomic mass is 10.0. The molecule has 5 heteroatoms. The van der Waals surface area contributed by atoms with Crippen molar-refractivity contribution in [2.24, 2.45) is 0 Å². The molecule has 2 amide bonds. The van der Waals surface area contributed by atoms with Gasteiger partial charge in [-0.15, -0.1) is 0 Å². The van der Waals surface area contributed by atoms with E-state index in [1.54, 1.807) is 0 Å². The highest BCUT2D eigenvalue weighted by atomic mass is 16.2. The molecule has 25 heavy (non-hydrogen) atoms. The van der Waals surface area contributed by atoms with Crippen LogP contribution in [0.1, 0.15) is 25.0 Å². The molecule has 0 bridgehead atoms. The topological polar surface area (TPSA) is 48.5 Å². The zero-order valence-corrected chi connectivity index (χ0v) is 15.0. The molecule has 1 fully saturated rings. The highest BCUT2D eigenvalue weighted by Crippen LogP contribution is 2.23. The van der Waals surface area contributed by atoms with Gasteiger partial charge in [-0.1, -0.05) is 38.1 Å². The molecular weight excluding hydrogens is 312 g/mol. The Bertz CT molecular complexity index is 687. The number of carbonyl (C=O) groups excluding carboxylic acids is 1. The van der Waals surface area contributed by atoms with Crippen molar-refractivity contribution in [3.8, 4) is 0 Å². The molecular formula is C20H26N4O. The summed E-state index contributed by atoms with van der Waals surface area (Å²) >= 11 is 0. The Hall–Kier alpha value is -2.56. The van der Waals surface area contributed by atoms with E-state index >= 15 is 0 Å². The first-order valence-corrected chi connectivity index (χ1v) is 9.05. The van der Waals surface area contributed by atoms with Gasteiger partial charge in [0.25, 0.3) is 0 Å². The number of benzene rings is 1. The largest absolute Gasteiger partial charge is 0.353 e. The number of rotatable bonds is 4. The number of hydrogen-bond donors (Lipinski definition) is 1. The van der Waals surface area contributed by atoms with Crippen LogP contribution in [0.4, 0.5) is 16.3 Å². The van der Waals surface area contributed by atoms with Gasteiger partial charge in [-0.2, -0.15) is 0 Å². The second kappa shape index (κ2) is 8.01. The number of amides is 2. The monoisotopic (exact) mass is 338 g/mol. The second-order valence-electron chi connectivity index (χ2n) is 6.25. The van der Waals surface area contributed by atoms with Gasteiger partial charge in [0.05, 0.1) is 0 Å². The van der Waals surface area contributed by atoms with Crippen LogP contribution in [0.3, 0.4) is 0 Å². The highest BCUT2D eigenvalue weighted by molar-refractivity contribution is 5.91. The van der Waals surface area contributed by atoms with Crippen LogP contribution in [0.25, 0.3) is 0 Å². The SMILES string of the molecule is CCc1cccc(CC)c1NC(=O)N1CCN(c2ccccn2)CC1. The van der Waals surface area contributed by atoms with Gasteiger partial charge in [0.15, 0.2) is 0 Å². The molecule has 0 spiro atoms. The third kappa shape index (κ3) is 3.92. The first-order valence-electron chi connectivity index (χ1n) is 9.05. The van der Waals surface area contributed by atoms with Gasteiger partial charge in [-0.3, -0.25) is 0 Å². The fraction of sp³-hybridized carbons (Fsp3) is 0.400. The Morgan fingerprint density at radius 3 is 2.24 bits per heavy atom. The third-order valence-electron chi connectivity index (χ3n) is 4.77. The average Bonchev–Trinajstić information content (AvgIpc) is 2.69. The van der Waals surface area contributed by atoms with Crippen LogP contribution in [0.2, 0.25) is 0 Å². The summed E-state index contributed by atoms with van der Waals surface area (Å²) < 4.78 is 0. The van der Waals surface area contributed by atoms with Crippen molar-refractivity contribution >= 4 is 17.5 Å². The number of aromatic nitrogens is 1. The van der Waals surface area contributed by atoms with Crippen LogP contribution >= 0.6 is 0 Å². The first-order chi connectivity index (χ1) is 12.2. The summed E-state index contributed by atoms with van der Waals surface area (Å²) in [6.45, 7) is 7.27. The van der Waals surface area contributed by atoms with Gasteiger partial charge < -0.3 is 15.1 Å². The molecule has 1 aliphatic heterocycles. The van der Waals surface area contributed by atoms with E-state index in [0.29, 0.717) is 13.1 Å². The van der Waals surface area contributed by atoms with E-state index in [1.165, 1.54) is 11.1 Å². The van der Waals surface area contributed by atoms with Gasteiger partial charge in [0, 0.05) is 38.1 Å². The number of anilines is 2. The lowest BCUT2D eigenvalue weighted by molar-refractivity contribution is 0.208. The van der Waals surface area contributed by atoms with Crippen molar-refractivity contribution in [1.29, 1.82) is 0 Å². The average molecular weight is 338 g/mol. The quantitative estimate of drug-likeness (QED) is 0.927. The molecule has 2 heterocycles. The summed E-state index contributed by atoms with van der Waals surface area (Å²) in [5.74, 6) is 0.979. The summed E-state index contributed by atoms with van der Waals surface area (Å²) in [5, 5.41) is 3.16. The molecule has 1 aromatic carbocycles. The fourth-order valence-electron chi connectivity index (χ4n) is 3.27. The number of nitrogens with one attached hydrogen (secondary N) is 1. The molecule has 0 radical (unpaired) electrons. The zero-order valence-electron chi connectivity index (χ0n) is 15.0. The molecule has 2 aromatic rings. The standard InChI is InChI=1S/C20H26N4O/c1-3-16-8-7-9-17(4-2)19(16)22-20(25)24-14-12-23(13-15-24)18-10-5-6-11-21-18/h5-11H,3-4,12-15H2,1-2H3,(H,22,25). The number of nitrogens with zero attached hydrogens (tertiary/aromatic N) is 3. The van der Waals surface area contributed by atoms with Crippen molar-refractivity contribution in [2.75, 3.05) is 36.4 Å². The maximum Gasteiger partial charge on any atom is 0.321 e. The van der Waals surface area contributed by atoms with Gasteiger partial charge in [0.2, 0.25) is 0 Å². The minimum atomic E-state index is -0.00345. The molecule has 1 aromatic heterocycles. The van der Waals surface area contributed by atoms with Gasteiger partial charge in [0.1, 0.15) is 5.82 Å². The first kappa shape index (κ1) is 17.3. The van der Waals surface area contributed by atoms with E-state index < -0.39 is 0 Å². The van der Waals surface area contributed by atoms with Crippen LogP contribution in [0.15, 0.2) is 42.6 Å². The normalized spacial score (nSPS) is 14.5. The number of piperazine rings is 1. The summed E-state index contributed by atoms with van der Waals surface area (Å²) in [6.07, 6.45) is 3.64.